The summed E-state index contributed by atoms with van der Waals surface area (Å²) in [7, 11) is 0. The summed E-state index contributed by atoms with van der Waals surface area (Å²) in [5, 5.41) is 7.73. The van der Waals surface area contributed by atoms with E-state index in [0.717, 1.165) is 41.9 Å². The predicted octanol–water partition coefficient (Wildman–Crippen LogP) is 3.98. The fourth-order valence-corrected chi connectivity index (χ4v) is 4.07. The van der Waals surface area contributed by atoms with E-state index in [9.17, 15) is 4.79 Å². The van der Waals surface area contributed by atoms with Crippen LogP contribution in [0.3, 0.4) is 0 Å². The zero-order valence-electron chi connectivity index (χ0n) is 17.2. The highest BCUT2D eigenvalue weighted by Gasteiger charge is 2.27. The standard InChI is InChI=1S/C22H29N5O/c1-5-15(4)21-16-12-26(11-10-17(16)24-25-21)20(28)13-27-19-9-7-6-8-18(19)23-22(27)14(2)3/h6-9,14-15H,5,10-13H2,1-4H3,(H,24,25)/t15-/m1/s1. The quantitative estimate of drug-likeness (QED) is 0.729. The van der Waals surface area contributed by atoms with E-state index in [4.69, 9.17) is 4.98 Å². The average molecular weight is 380 g/mol. The first-order valence-corrected chi connectivity index (χ1v) is 10.3. The number of benzene rings is 1. The molecule has 0 bridgehead atoms. The van der Waals surface area contributed by atoms with E-state index in [0.29, 0.717) is 19.0 Å². The molecule has 4 rings (SSSR count). The molecule has 1 aliphatic rings. The van der Waals surface area contributed by atoms with Gasteiger partial charge < -0.3 is 9.47 Å². The molecule has 6 nitrogen and oxygen atoms in total. The number of hydrogen-bond acceptors (Lipinski definition) is 3. The molecule has 0 saturated heterocycles. The number of hydrogen-bond donors (Lipinski definition) is 1. The van der Waals surface area contributed by atoms with E-state index < -0.39 is 0 Å². The van der Waals surface area contributed by atoms with Crippen molar-refractivity contribution < 1.29 is 4.79 Å². The topological polar surface area (TPSA) is 66.8 Å². The molecule has 3 aromatic rings. The summed E-state index contributed by atoms with van der Waals surface area (Å²) in [6.07, 6.45) is 1.89. The zero-order chi connectivity index (χ0) is 19.8. The van der Waals surface area contributed by atoms with E-state index in [1.54, 1.807) is 0 Å². The zero-order valence-corrected chi connectivity index (χ0v) is 17.2. The number of carbonyl (C=O) groups excluding carboxylic acids is 1. The lowest BCUT2D eigenvalue weighted by Crippen LogP contribution is -2.38. The number of nitrogens with zero attached hydrogens (tertiary/aromatic N) is 4. The molecule has 148 valence electrons. The normalized spacial score (nSPS) is 15.2. The van der Waals surface area contributed by atoms with Crippen molar-refractivity contribution in [2.45, 2.75) is 65.5 Å². The molecule has 0 unspecified atom stereocenters. The van der Waals surface area contributed by atoms with E-state index >= 15 is 0 Å². The van der Waals surface area contributed by atoms with Crippen molar-refractivity contribution in [2.75, 3.05) is 6.54 Å². The third-order valence-electron chi connectivity index (χ3n) is 5.89. The van der Waals surface area contributed by atoms with Crippen LogP contribution >= 0.6 is 0 Å². The van der Waals surface area contributed by atoms with Crippen LogP contribution in [0.15, 0.2) is 24.3 Å². The van der Waals surface area contributed by atoms with E-state index in [-0.39, 0.29) is 11.8 Å². The second-order valence-electron chi connectivity index (χ2n) is 8.14. The fourth-order valence-electron chi connectivity index (χ4n) is 4.07. The second-order valence-corrected chi connectivity index (χ2v) is 8.14. The lowest BCUT2D eigenvalue weighted by Gasteiger charge is -2.28. The Morgan fingerprint density at radius 2 is 2.04 bits per heavy atom. The van der Waals surface area contributed by atoms with Crippen LogP contribution < -0.4 is 0 Å². The molecular weight excluding hydrogens is 350 g/mol. The average Bonchev–Trinajstić information content (AvgIpc) is 3.29. The van der Waals surface area contributed by atoms with Gasteiger partial charge in [-0.25, -0.2) is 4.98 Å². The minimum atomic E-state index is 0.145. The molecule has 1 amide bonds. The van der Waals surface area contributed by atoms with Crippen LogP contribution in [-0.4, -0.2) is 37.1 Å². The summed E-state index contributed by atoms with van der Waals surface area (Å²) in [4.78, 5) is 20.0. The predicted molar refractivity (Wildman–Crippen MR) is 110 cm³/mol. The van der Waals surface area contributed by atoms with Gasteiger partial charge in [-0.1, -0.05) is 39.8 Å². The monoisotopic (exact) mass is 379 g/mol. The summed E-state index contributed by atoms with van der Waals surface area (Å²) in [5.74, 6) is 1.78. The van der Waals surface area contributed by atoms with Crippen LogP contribution in [0.5, 0.6) is 0 Å². The van der Waals surface area contributed by atoms with Gasteiger partial charge in [0.1, 0.15) is 12.4 Å². The minimum absolute atomic E-state index is 0.145. The summed E-state index contributed by atoms with van der Waals surface area (Å²) >= 11 is 0. The van der Waals surface area contributed by atoms with E-state index in [1.807, 2.05) is 29.2 Å². The maximum Gasteiger partial charge on any atom is 0.242 e. The summed E-state index contributed by atoms with van der Waals surface area (Å²) in [5.41, 5.74) is 5.50. The molecule has 1 N–H and O–H groups in total. The van der Waals surface area contributed by atoms with Crippen molar-refractivity contribution >= 4 is 16.9 Å². The van der Waals surface area contributed by atoms with Gasteiger partial charge in [-0.2, -0.15) is 5.10 Å². The van der Waals surface area contributed by atoms with Crippen molar-refractivity contribution in [3.63, 3.8) is 0 Å². The molecule has 3 heterocycles. The Morgan fingerprint density at radius 1 is 1.25 bits per heavy atom. The van der Waals surface area contributed by atoms with Gasteiger partial charge in [0.05, 0.1) is 16.7 Å². The number of amides is 1. The molecule has 28 heavy (non-hydrogen) atoms. The molecule has 0 aliphatic carbocycles. The van der Waals surface area contributed by atoms with Crippen molar-refractivity contribution in [1.82, 2.24) is 24.6 Å². The molecule has 1 aliphatic heterocycles. The first kappa shape index (κ1) is 18.7. The third-order valence-corrected chi connectivity index (χ3v) is 5.89. The number of imidazole rings is 1. The number of H-pyrrole nitrogens is 1. The highest BCUT2D eigenvalue weighted by atomic mass is 16.2. The second kappa shape index (κ2) is 7.41. The molecule has 1 atom stereocenters. The van der Waals surface area contributed by atoms with Gasteiger partial charge in [-0.15, -0.1) is 0 Å². The van der Waals surface area contributed by atoms with Crippen LogP contribution in [0.1, 0.15) is 68.7 Å². The van der Waals surface area contributed by atoms with Gasteiger partial charge in [0.15, 0.2) is 0 Å². The van der Waals surface area contributed by atoms with Gasteiger partial charge in [0.2, 0.25) is 5.91 Å². The molecule has 6 heteroatoms. The smallest absolute Gasteiger partial charge is 0.242 e. The number of rotatable bonds is 5. The summed E-state index contributed by atoms with van der Waals surface area (Å²) in [6.45, 7) is 10.3. The molecular formula is C22H29N5O. The van der Waals surface area contributed by atoms with Crippen molar-refractivity contribution in [3.8, 4) is 0 Å². The Balaban J connectivity index is 1.60. The Morgan fingerprint density at radius 3 is 2.79 bits per heavy atom. The van der Waals surface area contributed by atoms with Crippen molar-refractivity contribution in [2.24, 2.45) is 0 Å². The van der Waals surface area contributed by atoms with E-state index in [1.165, 1.54) is 11.3 Å². The number of para-hydroxylation sites is 2. The van der Waals surface area contributed by atoms with Crippen LogP contribution in [0.4, 0.5) is 0 Å². The van der Waals surface area contributed by atoms with Gasteiger partial charge in [-0.05, 0) is 18.6 Å². The number of aromatic nitrogens is 4. The highest BCUT2D eigenvalue weighted by molar-refractivity contribution is 5.81. The molecule has 0 saturated carbocycles. The van der Waals surface area contributed by atoms with Crippen LogP contribution in [0.25, 0.3) is 11.0 Å². The Kier molecular flexibility index (Phi) is 4.96. The van der Waals surface area contributed by atoms with Gasteiger partial charge >= 0.3 is 0 Å². The summed E-state index contributed by atoms with van der Waals surface area (Å²) in [6, 6.07) is 8.06. The number of nitrogens with one attached hydrogen (secondary N) is 1. The SMILES string of the molecule is CC[C@@H](C)c1n[nH]c2c1CN(C(=O)Cn1c(C(C)C)nc3ccccc31)CC2. The van der Waals surface area contributed by atoms with Crippen LogP contribution in [0.2, 0.25) is 0 Å². The highest BCUT2D eigenvalue weighted by Crippen LogP contribution is 2.28. The number of fused-ring (bicyclic) bond motifs is 2. The first-order valence-electron chi connectivity index (χ1n) is 10.3. The Bertz CT molecular complexity index is 1000. The van der Waals surface area contributed by atoms with Gasteiger partial charge in [-0.3, -0.25) is 9.89 Å². The molecule has 1 aromatic carbocycles. The minimum Gasteiger partial charge on any atom is -0.336 e. The Hall–Kier alpha value is -2.63. The molecule has 0 fully saturated rings. The fraction of sp³-hybridized carbons (Fsp3) is 0.500. The lowest BCUT2D eigenvalue weighted by molar-refractivity contribution is -0.132. The van der Waals surface area contributed by atoms with Crippen LogP contribution in [0, 0.1) is 0 Å². The first-order chi connectivity index (χ1) is 13.5. The lowest BCUT2D eigenvalue weighted by atomic mass is 9.96. The van der Waals surface area contributed by atoms with Gasteiger partial charge in [0, 0.05) is 42.6 Å². The number of aromatic amines is 1. The van der Waals surface area contributed by atoms with E-state index in [2.05, 4.69) is 42.5 Å². The molecule has 0 spiro atoms. The van der Waals surface area contributed by atoms with Gasteiger partial charge in [0.25, 0.3) is 0 Å². The Labute approximate surface area is 166 Å². The maximum absolute atomic E-state index is 13.2. The largest absolute Gasteiger partial charge is 0.336 e. The third kappa shape index (κ3) is 3.21. The van der Waals surface area contributed by atoms with Crippen molar-refractivity contribution in [1.29, 1.82) is 0 Å². The maximum atomic E-state index is 13.2. The summed E-state index contributed by atoms with van der Waals surface area (Å²) < 4.78 is 2.09. The van der Waals surface area contributed by atoms with Crippen LogP contribution in [-0.2, 0) is 24.3 Å². The van der Waals surface area contributed by atoms with Crippen molar-refractivity contribution in [3.05, 3.63) is 47.0 Å². The number of carbonyl (C=O) groups is 1. The molecule has 0 radical (unpaired) electrons. The molecule has 2 aromatic heterocycles.